The number of hydrogen-bond acceptors (Lipinski definition) is 11. The molecular weight excluding hydrogens is 690 g/mol. The number of nitrogens with one attached hydrogen (secondary N) is 1. The van der Waals surface area contributed by atoms with Crippen LogP contribution in [0.3, 0.4) is 0 Å². The molecule has 0 aliphatic carbocycles. The maximum atomic E-state index is 13.9. The van der Waals surface area contributed by atoms with Crippen molar-refractivity contribution >= 4 is 27.8 Å². The van der Waals surface area contributed by atoms with Gasteiger partial charge in [0.05, 0.1) is 51.5 Å². The van der Waals surface area contributed by atoms with E-state index in [9.17, 15) is 18.0 Å². The fourth-order valence-corrected chi connectivity index (χ4v) is 7.06. The first-order valence-corrected chi connectivity index (χ1v) is 19.7. The monoisotopic (exact) mass is 747 g/mol. The third kappa shape index (κ3) is 12.0. The van der Waals surface area contributed by atoms with Gasteiger partial charge in [0.15, 0.2) is 0 Å². The molecule has 2 amide bonds. The van der Waals surface area contributed by atoms with Gasteiger partial charge < -0.3 is 38.8 Å². The fraction of sp³-hybridized carbons (Fsp3) is 0.632. The minimum Gasteiger partial charge on any atom is -0.497 e. The number of hydrogen-bond donors (Lipinski definition) is 1. The Balaban J connectivity index is 1.60. The van der Waals surface area contributed by atoms with Crippen LogP contribution in [-0.4, -0.2) is 110 Å². The summed E-state index contributed by atoms with van der Waals surface area (Å²) in [6.45, 7) is 12.5. The molecule has 0 radical (unpaired) electrons. The average molecular weight is 748 g/mol. The minimum absolute atomic E-state index is 0.0277. The van der Waals surface area contributed by atoms with Crippen LogP contribution in [0.1, 0.15) is 70.9 Å². The van der Waals surface area contributed by atoms with Crippen LogP contribution in [-0.2, 0) is 39.9 Å². The molecule has 1 saturated heterocycles. The lowest BCUT2D eigenvalue weighted by Gasteiger charge is -2.46. The lowest BCUT2D eigenvalue weighted by atomic mass is 9.76. The summed E-state index contributed by atoms with van der Waals surface area (Å²) in [7, 11) is -0.297. The normalized spacial score (nSPS) is 19.4. The second-order valence-corrected chi connectivity index (χ2v) is 16.7. The van der Waals surface area contributed by atoms with Crippen molar-refractivity contribution in [3.63, 3.8) is 0 Å². The van der Waals surface area contributed by atoms with Crippen LogP contribution in [0.4, 0.5) is 10.5 Å². The Morgan fingerprint density at radius 2 is 1.75 bits per heavy atom. The molecule has 14 heteroatoms. The number of likely N-dealkylation sites (tertiary alicyclic amines) is 1. The molecule has 1 N–H and O–H groups in total. The number of piperidine rings is 1. The topological polar surface area (TPSA) is 142 Å². The molecule has 0 saturated carbocycles. The summed E-state index contributed by atoms with van der Waals surface area (Å²) >= 11 is 0. The molecule has 0 unspecified atom stereocenters. The second-order valence-electron chi connectivity index (χ2n) is 15.1. The minimum atomic E-state index is -3.63. The Morgan fingerprint density at radius 3 is 2.40 bits per heavy atom. The Hall–Kier alpha value is -3.59. The van der Waals surface area contributed by atoms with Gasteiger partial charge >= 0.3 is 6.09 Å². The van der Waals surface area contributed by atoms with Crippen molar-refractivity contribution < 1.29 is 45.9 Å². The van der Waals surface area contributed by atoms with Crippen LogP contribution in [0.5, 0.6) is 11.5 Å². The van der Waals surface area contributed by atoms with E-state index < -0.39 is 33.3 Å². The van der Waals surface area contributed by atoms with Crippen molar-refractivity contribution in [2.75, 3.05) is 71.4 Å². The second kappa shape index (κ2) is 18.0. The van der Waals surface area contributed by atoms with E-state index in [0.717, 1.165) is 54.1 Å². The fourth-order valence-electron chi connectivity index (χ4n) is 6.67. The Bertz CT molecular complexity index is 1590. The maximum Gasteiger partial charge on any atom is 0.410 e. The van der Waals surface area contributed by atoms with Gasteiger partial charge in [-0.25, -0.2) is 4.79 Å². The molecule has 0 spiro atoms. The van der Waals surface area contributed by atoms with Gasteiger partial charge in [0.1, 0.15) is 23.7 Å². The largest absolute Gasteiger partial charge is 0.497 e. The zero-order chi connectivity index (χ0) is 38.1. The molecule has 4 rings (SSSR count). The molecule has 2 aliphatic rings. The van der Waals surface area contributed by atoms with Crippen LogP contribution in [0.2, 0.25) is 0 Å². The molecule has 2 heterocycles. The van der Waals surface area contributed by atoms with Crippen molar-refractivity contribution in [2.24, 2.45) is 5.41 Å². The molecular formula is C38H57N3O10S. The van der Waals surface area contributed by atoms with Gasteiger partial charge in [-0.3, -0.25) is 8.98 Å². The molecule has 290 valence electrons. The molecule has 0 bridgehead atoms. The number of methoxy groups -OCH3 is 2. The number of nitrogens with zero attached hydrogens (tertiary/aromatic N) is 2. The molecule has 2 aliphatic heterocycles. The third-order valence-electron chi connectivity index (χ3n) is 9.23. The van der Waals surface area contributed by atoms with Gasteiger partial charge in [0.2, 0.25) is 5.91 Å². The zero-order valence-corrected chi connectivity index (χ0v) is 32.8. The molecule has 1 fully saturated rings. The summed E-state index contributed by atoms with van der Waals surface area (Å²) in [5, 5.41) is 2.79. The van der Waals surface area contributed by atoms with Crippen LogP contribution in [0, 0.1) is 5.41 Å². The van der Waals surface area contributed by atoms with Crippen LogP contribution < -0.4 is 19.7 Å². The Kier molecular flexibility index (Phi) is 14.2. The predicted molar refractivity (Wildman–Crippen MR) is 199 cm³/mol. The lowest BCUT2D eigenvalue weighted by molar-refractivity contribution is -0.131. The maximum absolute atomic E-state index is 13.9. The van der Waals surface area contributed by atoms with E-state index in [2.05, 4.69) is 16.3 Å². The summed E-state index contributed by atoms with van der Waals surface area (Å²) in [6.07, 6.45) is 1.83. The quantitative estimate of drug-likeness (QED) is 0.181. The summed E-state index contributed by atoms with van der Waals surface area (Å²) in [5.74, 6) is 1.17. The van der Waals surface area contributed by atoms with E-state index in [0.29, 0.717) is 32.7 Å². The number of amides is 2. The summed E-state index contributed by atoms with van der Waals surface area (Å²) in [6, 6.07) is 13.6. The molecule has 52 heavy (non-hydrogen) atoms. The van der Waals surface area contributed by atoms with E-state index in [1.165, 1.54) is 0 Å². The van der Waals surface area contributed by atoms with Gasteiger partial charge in [-0.05, 0) is 75.4 Å². The zero-order valence-electron chi connectivity index (χ0n) is 31.9. The number of fused-ring (bicyclic) bond motifs is 1. The van der Waals surface area contributed by atoms with Crippen molar-refractivity contribution in [2.45, 2.75) is 84.2 Å². The van der Waals surface area contributed by atoms with Crippen LogP contribution >= 0.6 is 0 Å². The highest BCUT2D eigenvalue weighted by atomic mass is 32.2. The highest BCUT2D eigenvalue weighted by Gasteiger charge is 2.44. The lowest BCUT2D eigenvalue weighted by Crippen LogP contribution is -2.55. The first-order chi connectivity index (χ1) is 24.5. The van der Waals surface area contributed by atoms with Crippen molar-refractivity contribution in [1.82, 2.24) is 10.2 Å². The third-order valence-corrected chi connectivity index (χ3v) is 9.83. The summed E-state index contributed by atoms with van der Waals surface area (Å²) < 4.78 is 56.8. The van der Waals surface area contributed by atoms with Crippen molar-refractivity contribution in [3.8, 4) is 11.5 Å². The number of carbonyl (C=O) groups is 2. The molecule has 2 aromatic carbocycles. The van der Waals surface area contributed by atoms with Gasteiger partial charge in [-0.2, -0.15) is 8.42 Å². The number of ether oxygens (including phenoxy) is 5. The number of anilines is 1. The Labute approximate surface area is 309 Å². The number of carbonyl (C=O) groups excluding carboxylic acids is 2. The van der Waals surface area contributed by atoms with E-state index in [-0.39, 0.29) is 37.6 Å². The predicted octanol–water partition coefficient (Wildman–Crippen LogP) is 5.12. The van der Waals surface area contributed by atoms with Crippen LogP contribution in [0.15, 0.2) is 42.5 Å². The molecule has 13 nitrogen and oxygen atoms in total. The molecule has 3 atom stereocenters. The smallest absolute Gasteiger partial charge is 0.410 e. The highest BCUT2D eigenvalue weighted by molar-refractivity contribution is 7.85. The van der Waals surface area contributed by atoms with E-state index in [1.807, 2.05) is 71.0 Å². The first-order valence-electron chi connectivity index (χ1n) is 17.9. The Morgan fingerprint density at radius 1 is 1.02 bits per heavy atom. The number of rotatable bonds is 16. The van der Waals surface area contributed by atoms with Crippen molar-refractivity contribution in [3.05, 3.63) is 53.6 Å². The molecule has 2 aromatic rings. The van der Waals surface area contributed by atoms with Gasteiger partial charge in [-0.15, -0.1) is 0 Å². The van der Waals surface area contributed by atoms with Gasteiger partial charge in [0.25, 0.3) is 10.1 Å². The van der Waals surface area contributed by atoms with E-state index in [1.54, 1.807) is 19.1 Å². The standard InChI is InChI=1S/C38H57N3O10S/c1-37(2,3)51-36(43)41-25-34(49-26-27-10-15-33-32(22-27)40(18-21-48-33)17-9-19-46-6)31(28-11-13-30(47-7)14-12-28)23-29(41)24-38(4,5)35(42)39-16-20-50-52(8,44)45/h10-15,22,29,31,34H,9,16-21,23-26H2,1-8H3,(H,39,42)/t29-,31+,34-/m0/s1. The van der Waals surface area contributed by atoms with Gasteiger partial charge in [0, 0.05) is 44.2 Å². The van der Waals surface area contributed by atoms with E-state index >= 15 is 0 Å². The van der Waals surface area contributed by atoms with E-state index in [4.69, 9.17) is 27.9 Å². The SMILES string of the molecule is COCCCN1CCOc2ccc(CO[C@H]3CN(C(=O)OC(C)(C)C)[C@H](CC(C)(C)C(=O)NCCOS(C)(=O)=O)C[C@@H]3c3ccc(OC)cc3)cc21. The molecule has 0 aromatic heterocycles. The summed E-state index contributed by atoms with van der Waals surface area (Å²) in [5.41, 5.74) is 1.38. The number of benzene rings is 2. The summed E-state index contributed by atoms with van der Waals surface area (Å²) in [4.78, 5) is 31.3. The van der Waals surface area contributed by atoms with Crippen LogP contribution in [0.25, 0.3) is 0 Å². The van der Waals surface area contributed by atoms with Crippen molar-refractivity contribution in [1.29, 1.82) is 0 Å². The highest BCUT2D eigenvalue weighted by Crippen LogP contribution is 2.40. The average Bonchev–Trinajstić information content (AvgIpc) is 3.08. The first kappa shape index (κ1) is 41.2. The van der Waals surface area contributed by atoms with Gasteiger partial charge in [-0.1, -0.05) is 32.0 Å².